The van der Waals surface area contributed by atoms with E-state index in [4.69, 9.17) is 22.1 Å². The molecule has 0 aliphatic carbocycles. The van der Waals surface area contributed by atoms with Crippen LogP contribution >= 0.6 is 11.6 Å². The zero-order valence-corrected chi connectivity index (χ0v) is 10.9. The van der Waals surface area contributed by atoms with Crippen molar-refractivity contribution >= 4 is 23.0 Å². The normalized spacial score (nSPS) is 19.5. The van der Waals surface area contributed by atoms with Crippen LogP contribution in [0.15, 0.2) is 18.2 Å². The maximum absolute atomic E-state index is 6.02. The number of ether oxygens (including phenoxy) is 1. The third-order valence-electron chi connectivity index (χ3n) is 3.16. The van der Waals surface area contributed by atoms with E-state index in [1.165, 1.54) is 0 Å². The highest BCUT2D eigenvalue weighted by Crippen LogP contribution is 2.28. The molecule has 1 heterocycles. The summed E-state index contributed by atoms with van der Waals surface area (Å²) in [5.41, 5.74) is 7.78. The van der Waals surface area contributed by atoms with E-state index in [-0.39, 0.29) is 0 Å². The first-order chi connectivity index (χ1) is 8.20. The lowest BCUT2D eigenvalue weighted by Gasteiger charge is -2.27. The van der Waals surface area contributed by atoms with Crippen molar-refractivity contribution in [1.29, 1.82) is 0 Å². The van der Waals surface area contributed by atoms with Crippen molar-refractivity contribution in [3.8, 4) is 0 Å². The van der Waals surface area contributed by atoms with Gasteiger partial charge in [0.1, 0.15) is 0 Å². The molecule has 1 unspecified atom stereocenters. The van der Waals surface area contributed by atoms with Crippen molar-refractivity contribution in [2.45, 2.75) is 25.9 Å². The summed E-state index contributed by atoms with van der Waals surface area (Å²) in [4.78, 5) is 2.23. The lowest BCUT2D eigenvalue weighted by atomic mass is 10.2. The molecule has 0 amide bonds. The summed E-state index contributed by atoms with van der Waals surface area (Å²) in [6.45, 7) is 4.80. The molecule has 4 heteroatoms. The van der Waals surface area contributed by atoms with Crippen LogP contribution in [-0.2, 0) is 4.74 Å². The number of hydrogen-bond acceptors (Lipinski definition) is 3. The van der Waals surface area contributed by atoms with Gasteiger partial charge >= 0.3 is 0 Å². The molecule has 1 aromatic carbocycles. The van der Waals surface area contributed by atoms with Crippen LogP contribution in [-0.4, -0.2) is 25.8 Å². The monoisotopic (exact) mass is 254 g/mol. The number of rotatable bonds is 4. The molecular weight excluding hydrogens is 236 g/mol. The van der Waals surface area contributed by atoms with Crippen molar-refractivity contribution in [1.82, 2.24) is 0 Å². The quantitative estimate of drug-likeness (QED) is 0.840. The summed E-state index contributed by atoms with van der Waals surface area (Å²) in [5, 5.41) is 0.722. The minimum atomic E-state index is 0.327. The molecule has 1 atom stereocenters. The topological polar surface area (TPSA) is 38.5 Å². The van der Waals surface area contributed by atoms with E-state index in [2.05, 4.69) is 11.8 Å². The number of nitrogens with zero attached hydrogens (tertiary/aromatic N) is 1. The second kappa shape index (κ2) is 5.61. The molecule has 2 rings (SSSR count). The largest absolute Gasteiger partial charge is 0.397 e. The van der Waals surface area contributed by atoms with Crippen LogP contribution in [0, 0.1) is 0 Å². The standard InChI is InChI=1S/C13H19ClN2O/c1-2-16(9-11-4-3-7-17-11)13-8-10(14)5-6-12(13)15/h5-6,8,11H,2-4,7,9,15H2,1H3. The molecule has 0 aromatic heterocycles. The van der Waals surface area contributed by atoms with Crippen molar-refractivity contribution in [3.05, 3.63) is 23.2 Å². The minimum Gasteiger partial charge on any atom is -0.397 e. The van der Waals surface area contributed by atoms with Crippen LogP contribution in [0.25, 0.3) is 0 Å². The lowest BCUT2D eigenvalue weighted by Crippen LogP contribution is -2.32. The number of nitrogen functional groups attached to an aromatic ring is 1. The molecule has 1 aliphatic rings. The van der Waals surface area contributed by atoms with Crippen molar-refractivity contribution < 1.29 is 4.74 Å². The van der Waals surface area contributed by atoms with Crippen molar-refractivity contribution in [2.75, 3.05) is 30.3 Å². The fourth-order valence-corrected chi connectivity index (χ4v) is 2.39. The highest BCUT2D eigenvalue weighted by atomic mass is 35.5. The molecule has 0 saturated carbocycles. The van der Waals surface area contributed by atoms with Gasteiger partial charge in [0.15, 0.2) is 0 Å². The smallest absolute Gasteiger partial charge is 0.0750 e. The molecule has 1 fully saturated rings. The Bertz CT molecular complexity index is 378. The maximum Gasteiger partial charge on any atom is 0.0750 e. The van der Waals surface area contributed by atoms with E-state index in [0.29, 0.717) is 6.10 Å². The zero-order valence-electron chi connectivity index (χ0n) is 10.2. The fourth-order valence-electron chi connectivity index (χ4n) is 2.22. The second-order valence-electron chi connectivity index (χ2n) is 4.38. The third-order valence-corrected chi connectivity index (χ3v) is 3.40. The summed E-state index contributed by atoms with van der Waals surface area (Å²) < 4.78 is 5.66. The van der Waals surface area contributed by atoms with Gasteiger partial charge in [-0.15, -0.1) is 0 Å². The van der Waals surface area contributed by atoms with Gasteiger partial charge in [-0.05, 0) is 38.0 Å². The Labute approximate surface area is 107 Å². The van der Waals surface area contributed by atoms with E-state index in [9.17, 15) is 0 Å². The Morgan fingerprint density at radius 2 is 2.35 bits per heavy atom. The molecular formula is C13H19ClN2O. The number of halogens is 1. The molecule has 2 N–H and O–H groups in total. The van der Waals surface area contributed by atoms with Crippen LogP contribution < -0.4 is 10.6 Å². The molecule has 1 aromatic rings. The predicted molar refractivity (Wildman–Crippen MR) is 72.7 cm³/mol. The average Bonchev–Trinajstić information content (AvgIpc) is 2.82. The van der Waals surface area contributed by atoms with Gasteiger partial charge in [-0.1, -0.05) is 11.6 Å². The Hall–Kier alpha value is -0.930. The SMILES string of the molecule is CCN(CC1CCCO1)c1cc(Cl)ccc1N. The molecule has 0 spiro atoms. The predicted octanol–water partition coefficient (Wildman–Crippen LogP) is 2.93. The van der Waals surface area contributed by atoms with Crippen LogP contribution in [0.4, 0.5) is 11.4 Å². The first-order valence-corrected chi connectivity index (χ1v) is 6.50. The summed E-state index contributed by atoms with van der Waals surface area (Å²) in [6, 6.07) is 5.60. The highest BCUT2D eigenvalue weighted by molar-refractivity contribution is 6.31. The second-order valence-corrected chi connectivity index (χ2v) is 4.81. The summed E-state index contributed by atoms with van der Waals surface area (Å²) >= 11 is 6.02. The van der Waals surface area contributed by atoms with E-state index in [0.717, 1.165) is 48.9 Å². The van der Waals surface area contributed by atoms with E-state index < -0.39 is 0 Å². The van der Waals surface area contributed by atoms with Crippen molar-refractivity contribution in [3.63, 3.8) is 0 Å². The van der Waals surface area contributed by atoms with Gasteiger partial charge in [0.2, 0.25) is 0 Å². The first-order valence-electron chi connectivity index (χ1n) is 6.12. The van der Waals surface area contributed by atoms with Crippen molar-refractivity contribution in [2.24, 2.45) is 0 Å². The number of nitrogens with two attached hydrogens (primary N) is 1. The zero-order chi connectivity index (χ0) is 12.3. The molecule has 17 heavy (non-hydrogen) atoms. The van der Waals surface area contributed by atoms with Crippen LogP contribution in [0.3, 0.4) is 0 Å². The van der Waals surface area contributed by atoms with Crippen LogP contribution in [0.1, 0.15) is 19.8 Å². The molecule has 0 bridgehead atoms. The van der Waals surface area contributed by atoms with Crippen LogP contribution in [0.5, 0.6) is 0 Å². The Morgan fingerprint density at radius 1 is 1.53 bits per heavy atom. The minimum absolute atomic E-state index is 0.327. The summed E-state index contributed by atoms with van der Waals surface area (Å²) in [6.07, 6.45) is 2.62. The number of benzene rings is 1. The van der Waals surface area contributed by atoms with Gasteiger partial charge < -0.3 is 15.4 Å². The fraction of sp³-hybridized carbons (Fsp3) is 0.538. The van der Waals surface area contributed by atoms with Gasteiger partial charge in [-0.2, -0.15) is 0 Å². The molecule has 94 valence electrons. The highest BCUT2D eigenvalue weighted by Gasteiger charge is 2.19. The molecule has 3 nitrogen and oxygen atoms in total. The Morgan fingerprint density at radius 3 is 3.00 bits per heavy atom. The van der Waals surface area contributed by atoms with Gasteiger partial charge in [0.05, 0.1) is 17.5 Å². The third kappa shape index (κ3) is 3.05. The Balaban J connectivity index is 2.13. The van der Waals surface area contributed by atoms with Gasteiger partial charge in [-0.25, -0.2) is 0 Å². The summed E-state index contributed by atoms with van der Waals surface area (Å²) in [7, 11) is 0. The Kier molecular flexibility index (Phi) is 4.13. The summed E-state index contributed by atoms with van der Waals surface area (Å²) in [5.74, 6) is 0. The molecule has 0 radical (unpaired) electrons. The molecule has 1 aliphatic heterocycles. The van der Waals surface area contributed by atoms with Gasteiger partial charge in [-0.3, -0.25) is 0 Å². The lowest BCUT2D eigenvalue weighted by molar-refractivity contribution is 0.116. The van der Waals surface area contributed by atoms with Gasteiger partial charge in [0.25, 0.3) is 0 Å². The van der Waals surface area contributed by atoms with Gasteiger partial charge in [0, 0.05) is 24.7 Å². The number of anilines is 2. The van der Waals surface area contributed by atoms with E-state index in [1.807, 2.05) is 18.2 Å². The number of hydrogen-bond donors (Lipinski definition) is 1. The maximum atomic E-state index is 6.02. The van der Waals surface area contributed by atoms with E-state index >= 15 is 0 Å². The van der Waals surface area contributed by atoms with Crippen LogP contribution in [0.2, 0.25) is 5.02 Å². The number of likely N-dealkylation sites (N-methyl/N-ethyl adjacent to an activating group) is 1. The van der Waals surface area contributed by atoms with E-state index in [1.54, 1.807) is 0 Å². The molecule has 1 saturated heterocycles. The average molecular weight is 255 g/mol. The first kappa shape index (κ1) is 12.5.